The number of carbonyl (C=O) groups is 2. The number of amides is 2. The van der Waals surface area contributed by atoms with Gasteiger partial charge in [0.15, 0.2) is 18.1 Å². The highest BCUT2D eigenvalue weighted by molar-refractivity contribution is 6.32. The molecule has 2 rings (SSSR count). The topological polar surface area (TPSA) is 109 Å². The maximum Gasteiger partial charge on any atom is 0.255 e. The van der Waals surface area contributed by atoms with E-state index < -0.39 is 11.8 Å². The first-order valence-electron chi connectivity index (χ1n) is 7.71. The second kappa shape index (κ2) is 9.00. The van der Waals surface area contributed by atoms with Gasteiger partial charge in [-0.25, -0.2) is 0 Å². The van der Waals surface area contributed by atoms with E-state index in [0.717, 1.165) is 0 Å². The van der Waals surface area contributed by atoms with Crippen LogP contribution in [-0.4, -0.2) is 39.8 Å². The van der Waals surface area contributed by atoms with Crippen LogP contribution >= 0.6 is 11.6 Å². The summed E-state index contributed by atoms with van der Waals surface area (Å²) in [5, 5.41) is 3.08. The van der Waals surface area contributed by atoms with E-state index in [0.29, 0.717) is 16.5 Å². The molecule has 2 amide bonds. The number of primary amides is 1. The zero-order valence-electron chi connectivity index (χ0n) is 15.0. The number of hydrogen-bond donors (Lipinski definition) is 2. The molecule has 0 saturated heterocycles. The van der Waals surface area contributed by atoms with Gasteiger partial charge in [0.1, 0.15) is 5.75 Å². The van der Waals surface area contributed by atoms with Crippen LogP contribution in [0.5, 0.6) is 23.0 Å². The summed E-state index contributed by atoms with van der Waals surface area (Å²) in [4.78, 5) is 23.5. The molecule has 9 heteroatoms. The molecule has 0 heterocycles. The lowest BCUT2D eigenvalue weighted by Gasteiger charge is -2.15. The van der Waals surface area contributed by atoms with Gasteiger partial charge in [-0.15, -0.1) is 0 Å². The summed E-state index contributed by atoms with van der Waals surface area (Å²) in [6, 6.07) is 7.77. The molecule has 2 aromatic rings. The van der Waals surface area contributed by atoms with Crippen LogP contribution in [0.1, 0.15) is 10.4 Å². The van der Waals surface area contributed by atoms with Crippen molar-refractivity contribution >= 4 is 29.1 Å². The third-order valence-corrected chi connectivity index (χ3v) is 3.79. The molecule has 0 aromatic heterocycles. The van der Waals surface area contributed by atoms with Crippen molar-refractivity contribution in [2.45, 2.75) is 0 Å². The Balaban J connectivity index is 2.30. The molecule has 0 aliphatic rings. The predicted octanol–water partition coefficient (Wildman–Crippen LogP) is 2.48. The molecule has 27 heavy (non-hydrogen) atoms. The number of anilines is 1. The summed E-state index contributed by atoms with van der Waals surface area (Å²) in [7, 11) is 4.30. The number of methoxy groups -OCH3 is 3. The first kappa shape index (κ1) is 20.2. The first-order valence-corrected chi connectivity index (χ1v) is 8.09. The molecule has 0 bridgehead atoms. The molecule has 0 atom stereocenters. The van der Waals surface area contributed by atoms with Gasteiger partial charge in [0.25, 0.3) is 11.8 Å². The van der Waals surface area contributed by atoms with E-state index in [2.05, 4.69) is 5.32 Å². The van der Waals surface area contributed by atoms with Crippen molar-refractivity contribution in [2.24, 2.45) is 5.73 Å². The molecule has 0 saturated carbocycles. The lowest BCUT2D eigenvalue weighted by atomic mass is 10.1. The molecule has 144 valence electrons. The van der Waals surface area contributed by atoms with Gasteiger partial charge < -0.3 is 30.0 Å². The van der Waals surface area contributed by atoms with Crippen molar-refractivity contribution < 1.29 is 28.5 Å². The maximum absolute atomic E-state index is 12.6. The first-order chi connectivity index (χ1) is 12.9. The second-order valence-corrected chi connectivity index (χ2v) is 5.68. The number of carbonyl (C=O) groups excluding carboxylic acids is 2. The summed E-state index contributed by atoms with van der Waals surface area (Å²) >= 11 is 6.06. The predicted molar refractivity (Wildman–Crippen MR) is 100 cm³/mol. The van der Waals surface area contributed by atoms with Crippen LogP contribution in [0.3, 0.4) is 0 Å². The van der Waals surface area contributed by atoms with Crippen molar-refractivity contribution in [2.75, 3.05) is 33.3 Å². The molecule has 0 aliphatic heterocycles. The van der Waals surface area contributed by atoms with E-state index in [1.165, 1.54) is 33.5 Å². The van der Waals surface area contributed by atoms with Crippen LogP contribution in [0, 0.1) is 0 Å². The Labute approximate surface area is 161 Å². The van der Waals surface area contributed by atoms with E-state index in [9.17, 15) is 9.59 Å². The normalized spacial score (nSPS) is 10.1. The number of rotatable bonds is 8. The Morgan fingerprint density at radius 1 is 1.00 bits per heavy atom. The average molecular weight is 395 g/mol. The highest BCUT2D eigenvalue weighted by atomic mass is 35.5. The highest BCUT2D eigenvalue weighted by Crippen LogP contribution is 2.38. The molecule has 2 aromatic carbocycles. The van der Waals surface area contributed by atoms with Crippen molar-refractivity contribution in [1.82, 2.24) is 0 Å². The fourth-order valence-corrected chi connectivity index (χ4v) is 2.50. The zero-order valence-corrected chi connectivity index (χ0v) is 15.8. The van der Waals surface area contributed by atoms with Crippen molar-refractivity contribution in [3.63, 3.8) is 0 Å². The summed E-state index contributed by atoms with van der Waals surface area (Å²) < 4.78 is 20.9. The van der Waals surface area contributed by atoms with Crippen LogP contribution in [0.15, 0.2) is 30.3 Å². The Bertz CT molecular complexity index is 831. The molecular formula is C18H19ClN2O6. The average Bonchev–Trinajstić information content (AvgIpc) is 2.65. The summed E-state index contributed by atoms with van der Waals surface area (Å²) in [5.74, 6) is 0.0189. The third-order valence-electron chi connectivity index (χ3n) is 3.49. The summed E-state index contributed by atoms with van der Waals surface area (Å²) in [5.41, 5.74) is 5.83. The molecule has 0 fully saturated rings. The summed E-state index contributed by atoms with van der Waals surface area (Å²) in [6.07, 6.45) is 0. The van der Waals surface area contributed by atoms with Gasteiger partial charge in [0.05, 0.1) is 26.4 Å². The molecule has 0 spiro atoms. The van der Waals surface area contributed by atoms with Crippen molar-refractivity contribution in [3.05, 3.63) is 40.9 Å². The fraction of sp³-hybridized carbons (Fsp3) is 0.222. The van der Waals surface area contributed by atoms with Gasteiger partial charge in [0, 0.05) is 11.3 Å². The van der Waals surface area contributed by atoms with Crippen molar-refractivity contribution in [1.29, 1.82) is 0 Å². The third kappa shape index (κ3) is 4.95. The Morgan fingerprint density at radius 3 is 2.07 bits per heavy atom. The van der Waals surface area contributed by atoms with Gasteiger partial charge in [-0.1, -0.05) is 11.6 Å². The van der Waals surface area contributed by atoms with Gasteiger partial charge in [-0.3, -0.25) is 9.59 Å². The van der Waals surface area contributed by atoms with E-state index in [1.54, 1.807) is 18.2 Å². The Morgan fingerprint density at radius 2 is 1.59 bits per heavy atom. The lowest BCUT2D eigenvalue weighted by molar-refractivity contribution is -0.120. The SMILES string of the molecule is COc1ccc(NC(=O)c2cc(OC)c(OCC(N)=O)c(OC)c2)cc1Cl. The maximum atomic E-state index is 12.6. The molecular weight excluding hydrogens is 376 g/mol. The molecule has 0 aliphatic carbocycles. The zero-order chi connectivity index (χ0) is 20.0. The van der Waals surface area contributed by atoms with Gasteiger partial charge in [-0.05, 0) is 30.3 Å². The van der Waals surface area contributed by atoms with E-state index in [4.69, 9.17) is 36.3 Å². The number of ether oxygens (including phenoxy) is 4. The molecule has 0 radical (unpaired) electrons. The largest absolute Gasteiger partial charge is 0.495 e. The quantitative estimate of drug-likeness (QED) is 0.711. The second-order valence-electron chi connectivity index (χ2n) is 5.27. The Kier molecular flexibility index (Phi) is 6.73. The Hall–Kier alpha value is -3.13. The number of benzene rings is 2. The van der Waals surface area contributed by atoms with Gasteiger partial charge in [0.2, 0.25) is 5.75 Å². The number of nitrogens with two attached hydrogens (primary N) is 1. The van der Waals surface area contributed by atoms with Crippen LogP contribution < -0.4 is 30.0 Å². The van der Waals surface area contributed by atoms with Gasteiger partial charge in [-0.2, -0.15) is 0 Å². The highest BCUT2D eigenvalue weighted by Gasteiger charge is 2.18. The monoisotopic (exact) mass is 394 g/mol. The minimum Gasteiger partial charge on any atom is -0.495 e. The molecule has 3 N–H and O–H groups in total. The van der Waals surface area contributed by atoms with Crippen LogP contribution in [0.25, 0.3) is 0 Å². The van der Waals surface area contributed by atoms with Crippen LogP contribution in [-0.2, 0) is 4.79 Å². The van der Waals surface area contributed by atoms with Crippen LogP contribution in [0.4, 0.5) is 5.69 Å². The van der Waals surface area contributed by atoms with E-state index in [1.807, 2.05) is 0 Å². The van der Waals surface area contributed by atoms with Gasteiger partial charge >= 0.3 is 0 Å². The van der Waals surface area contributed by atoms with E-state index in [-0.39, 0.29) is 29.4 Å². The van der Waals surface area contributed by atoms with Crippen molar-refractivity contribution in [3.8, 4) is 23.0 Å². The summed E-state index contributed by atoms with van der Waals surface area (Å²) in [6.45, 7) is -0.359. The molecule has 8 nitrogen and oxygen atoms in total. The fourth-order valence-electron chi connectivity index (χ4n) is 2.24. The van der Waals surface area contributed by atoms with Crippen LogP contribution in [0.2, 0.25) is 5.02 Å². The lowest BCUT2D eigenvalue weighted by Crippen LogP contribution is -2.20. The standard InChI is InChI=1S/C18H19ClN2O6/c1-24-13-5-4-11(8-12(13)19)21-18(23)10-6-14(25-2)17(15(7-10)26-3)27-9-16(20)22/h4-8H,9H2,1-3H3,(H2,20,22)(H,21,23). The minimum atomic E-state index is -0.655. The number of nitrogens with one attached hydrogen (secondary N) is 1. The van der Waals surface area contributed by atoms with E-state index >= 15 is 0 Å². The minimum absolute atomic E-state index is 0.169. The number of hydrogen-bond acceptors (Lipinski definition) is 6. The smallest absolute Gasteiger partial charge is 0.255 e. The molecule has 0 unspecified atom stereocenters. The number of halogens is 1.